The first kappa shape index (κ1) is 15.9. The third-order valence-electron chi connectivity index (χ3n) is 4.07. The lowest BCUT2D eigenvalue weighted by molar-refractivity contribution is -0.385. The molecule has 0 unspecified atom stereocenters. The molecule has 1 amide bonds. The maximum absolute atomic E-state index is 12.2. The van der Waals surface area contributed by atoms with Gasteiger partial charge in [-0.15, -0.1) is 0 Å². The number of hydrogen-bond acceptors (Lipinski definition) is 4. The number of carboxylic acid groups (broad SMARTS) is 1. The van der Waals surface area contributed by atoms with Crippen LogP contribution < -0.4 is 5.32 Å². The first-order valence-electron chi connectivity index (χ1n) is 7.25. The van der Waals surface area contributed by atoms with Crippen LogP contribution in [-0.4, -0.2) is 27.9 Å². The molecule has 0 spiro atoms. The van der Waals surface area contributed by atoms with E-state index >= 15 is 0 Å². The molecule has 0 aliphatic heterocycles. The van der Waals surface area contributed by atoms with E-state index < -0.39 is 28.8 Å². The number of nitro groups is 1. The van der Waals surface area contributed by atoms with Gasteiger partial charge in [0, 0.05) is 23.2 Å². The third-order valence-corrected chi connectivity index (χ3v) is 4.07. The number of nitrogens with zero attached hydrogens (tertiary/aromatic N) is 1. The second-order valence-corrected chi connectivity index (χ2v) is 5.41. The van der Waals surface area contributed by atoms with Crippen molar-refractivity contribution in [2.24, 2.45) is 5.92 Å². The lowest BCUT2D eigenvalue weighted by Gasteiger charge is -2.17. The maximum Gasteiger partial charge on any atom is 0.308 e. The largest absolute Gasteiger partial charge is 0.481 e. The summed E-state index contributed by atoms with van der Waals surface area (Å²) in [5.74, 6) is -1.98. The number of nitro benzene ring substituents is 1. The number of carboxylic acids is 1. The molecule has 0 bridgehead atoms. The van der Waals surface area contributed by atoms with Crippen LogP contribution in [0.4, 0.5) is 5.69 Å². The van der Waals surface area contributed by atoms with Crippen molar-refractivity contribution in [2.75, 3.05) is 0 Å². The summed E-state index contributed by atoms with van der Waals surface area (Å²) in [6.07, 6.45) is 2.39. The molecule has 2 atom stereocenters. The zero-order valence-electron chi connectivity index (χ0n) is 12.2. The summed E-state index contributed by atoms with van der Waals surface area (Å²) in [7, 11) is 0. The van der Waals surface area contributed by atoms with Gasteiger partial charge in [-0.1, -0.05) is 19.4 Å². The molecule has 22 heavy (non-hydrogen) atoms. The fourth-order valence-corrected chi connectivity index (χ4v) is 2.85. The number of carbonyl (C=O) groups is 2. The quantitative estimate of drug-likeness (QED) is 0.639. The van der Waals surface area contributed by atoms with E-state index in [0.29, 0.717) is 24.8 Å². The van der Waals surface area contributed by atoms with Crippen molar-refractivity contribution in [1.82, 2.24) is 5.32 Å². The van der Waals surface area contributed by atoms with E-state index in [4.69, 9.17) is 5.11 Å². The lowest BCUT2D eigenvalue weighted by Crippen LogP contribution is -2.40. The Hall–Kier alpha value is -2.44. The van der Waals surface area contributed by atoms with Crippen LogP contribution in [0.15, 0.2) is 18.2 Å². The minimum atomic E-state index is -0.921. The van der Waals surface area contributed by atoms with Crippen molar-refractivity contribution < 1.29 is 19.6 Å². The Labute approximate surface area is 127 Å². The number of aryl methyl sites for hydroxylation is 1. The van der Waals surface area contributed by atoms with Crippen molar-refractivity contribution in [3.05, 3.63) is 39.4 Å². The molecule has 118 valence electrons. The molecule has 7 nitrogen and oxygen atoms in total. The monoisotopic (exact) mass is 306 g/mol. The summed E-state index contributed by atoms with van der Waals surface area (Å²) >= 11 is 0. The van der Waals surface area contributed by atoms with Crippen LogP contribution in [0.5, 0.6) is 0 Å². The fraction of sp³-hybridized carbons (Fsp3) is 0.467. The van der Waals surface area contributed by atoms with Crippen molar-refractivity contribution in [2.45, 2.75) is 38.6 Å². The molecular formula is C15H18N2O5. The van der Waals surface area contributed by atoms with Gasteiger partial charge >= 0.3 is 5.97 Å². The number of benzene rings is 1. The first-order chi connectivity index (χ1) is 10.4. The minimum Gasteiger partial charge on any atom is -0.481 e. The zero-order valence-corrected chi connectivity index (χ0v) is 12.2. The number of amides is 1. The minimum absolute atomic E-state index is 0.0867. The van der Waals surface area contributed by atoms with E-state index in [-0.39, 0.29) is 11.3 Å². The summed E-state index contributed by atoms with van der Waals surface area (Å²) in [5.41, 5.74) is 0.655. The van der Waals surface area contributed by atoms with Gasteiger partial charge in [0.15, 0.2) is 0 Å². The fourth-order valence-electron chi connectivity index (χ4n) is 2.85. The second kappa shape index (κ2) is 6.55. The highest BCUT2D eigenvalue weighted by Crippen LogP contribution is 2.27. The molecular weight excluding hydrogens is 288 g/mol. The van der Waals surface area contributed by atoms with Gasteiger partial charge in [0.2, 0.25) is 0 Å². The van der Waals surface area contributed by atoms with Crippen molar-refractivity contribution in [1.29, 1.82) is 0 Å². The normalized spacial score (nSPS) is 20.6. The average molecular weight is 306 g/mol. The Morgan fingerprint density at radius 2 is 2.14 bits per heavy atom. The van der Waals surface area contributed by atoms with Gasteiger partial charge in [-0.05, 0) is 25.3 Å². The number of nitrogens with one attached hydrogen (secondary N) is 1. The maximum atomic E-state index is 12.2. The lowest BCUT2D eigenvalue weighted by atomic mass is 10.0. The van der Waals surface area contributed by atoms with Gasteiger partial charge in [-0.3, -0.25) is 19.7 Å². The van der Waals surface area contributed by atoms with Gasteiger partial charge in [-0.25, -0.2) is 0 Å². The predicted octanol–water partition coefficient (Wildman–Crippen LogP) is 2.14. The number of carbonyl (C=O) groups excluding carboxylic acids is 1. The molecule has 1 aliphatic carbocycles. The topological polar surface area (TPSA) is 110 Å². The molecule has 1 fully saturated rings. The SMILES string of the molecule is CCc1ccc(C(=O)N[C@@H]2CCC[C@@H]2C(=O)O)cc1[N+](=O)[O-]. The number of aliphatic carboxylic acids is 1. The molecule has 2 N–H and O–H groups in total. The molecule has 0 radical (unpaired) electrons. The standard InChI is InChI=1S/C15H18N2O5/c1-2-9-6-7-10(8-13(9)17(21)22)14(18)16-12-5-3-4-11(12)15(19)20/h6-8,11-12H,2-5H2,1H3,(H,16,18)(H,19,20)/t11-,12+/m0/s1. The Balaban J connectivity index is 2.18. The van der Waals surface area contributed by atoms with Crippen LogP contribution >= 0.6 is 0 Å². The van der Waals surface area contributed by atoms with Crippen LogP contribution in [0, 0.1) is 16.0 Å². The molecule has 1 aromatic rings. The van der Waals surface area contributed by atoms with Gasteiger partial charge in [-0.2, -0.15) is 0 Å². The van der Waals surface area contributed by atoms with Crippen LogP contribution in [0.1, 0.15) is 42.1 Å². The highest BCUT2D eigenvalue weighted by molar-refractivity contribution is 5.95. The third kappa shape index (κ3) is 3.24. The molecule has 1 saturated carbocycles. The highest BCUT2D eigenvalue weighted by Gasteiger charge is 2.34. The Morgan fingerprint density at radius 3 is 2.73 bits per heavy atom. The summed E-state index contributed by atoms with van der Waals surface area (Å²) in [6.45, 7) is 1.80. The molecule has 0 aromatic heterocycles. The average Bonchev–Trinajstić information content (AvgIpc) is 2.94. The summed E-state index contributed by atoms with van der Waals surface area (Å²) in [5, 5.41) is 22.8. The van der Waals surface area contributed by atoms with Gasteiger partial charge in [0.05, 0.1) is 10.8 Å². The molecule has 2 rings (SSSR count). The molecule has 7 heteroatoms. The predicted molar refractivity (Wildman–Crippen MR) is 78.7 cm³/mol. The van der Waals surface area contributed by atoms with Crippen molar-refractivity contribution in [3.8, 4) is 0 Å². The van der Waals surface area contributed by atoms with E-state index in [9.17, 15) is 19.7 Å². The van der Waals surface area contributed by atoms with E-state index in [1.165, 1.54) is 12.1 Å². The smallest absolute Gasteiger partial charge is 0.308 e. The molecule has 0 saturated heterocycles. The van der Waals surface area contributed by atoms with Crippen molar-refractivity contribution >= 4 is 17.6 Å². The summed E-state index contributed by atoms with van der Waals surface area (Å²) < 4.78 is 0. The van der Waals surface area contributed by atoms with Gasteiger partial charge in [0.1, 0.15) is 0 Å². The molecule has 1 aliphatic rings. The summed E-state index contributed by atoms with van der Waals surface area (Å²) in [6, 6.07) is 3.93. The Morgan fingerprint density at radius 1 is 1.41 bits per heavy atom. The van der Waals surface area contributed by atoms with Gasteiger partial charge < -0.3 is 10.4 Å². The van der Waals surface area contributed by atoms with E-state index in [2.05, 4.69) is 5.32 Å². The van der Waals surface area contributed by atoms with Gasteiger partial charge in [0.25, 0.3) is 11.6 Å². The molecule has 0 heterocycles. The van der Waals surface area contributed by atoms with E-state index in [1.54, 1.807) is 13.0 Å². The summed E-state index contributed by atoms with van der Waals surface area (Å²) in [4.78, 5) is 33.9. The number of hydrogen-bond donors (Lipinski definition) is 2. The Kier molecular flexibility index (Phi) is 4.75. The van der Waals surface area contributed by atoms with Crippen LogP contribution in [0.3, 0.4) is 0 Å². The highest BCUT2D eigenvalue weighted by atomic mass is 16.6. The molecule has 1 aromatic carbocycles. The van der Waals surface area contributed by atoms with Crippen LogP contribution in [0.25, 0.3) is 0 Å². The number of rotatable bonds is 5. The zero-order chi connectivity index (χ0) is 16.3. The van der Waals surface area contributed by atoms with E-state index in [1.807, 2.05) is 0 Å². The second-order valence-electron chi connectivity index (χ2n) is 5.41. The van der Waals surface area contributed by atoms with Crippen LogP contribution in [-0.2, 0) is 11.2 Å². The van der Waals surface area contributed by atoms with E-state index in [0.717, 1.165) is 6.42 Å². The van der Waals surface area contributed by atoms with Crippen molar-refractivity contribution in [3.63, 3.8) is 0 Å². The van der Waals surface area contributed by atoms with Crippen LogP contribution in [0.2, 0.25) is 0 Å². The Bertz CT molecular complexity index is 614. The first-order valence-corrected chi connectivity index (χ1v) is 7.25.